The largest absolute Gasteiger partial charge is 0.488 e. The molecule has 0 atom stereocenters. The number of carbonyl (C=O) groups excluding carboxylic acids is 2. The summed E-state index contributed by atoms with van der Waals surface area (Å²) in [4.78, 5) is 26.9. The van der Waals surface area contributed by atoms with E-state index in [2.05, 4.69) is 15.9 Å². The third-order valence-corrected chi connectivity index (χ3v) is 6.02. The van der Waals surface area contributed by atoms with E-state index in [9.17, 15) is 14.0 Å². The molecule has 4 nitrogen and oxygen atoms in total. The number of amides is 2. The number of benzene rings is 3. The maximum absolute atomic E-state index is 13.1. The summed E-state index contributed by atoms with van der Waals surface area (Å²) in [5, 5.41) is -0.302. The number of halogens is 2. The van der Waals surface area contributed by atoms with Crippen molar-refractivity contribution in [1.29, 1.82) is 0 Å². The highest BCUT2D eigenvalue weighted by Gasteiger charge is 2.35. The molecule has 1 aliphatic heterocycles. The molecule has 0 spiro atoms. The number of thioether (sulfide) groups is 1. The second kappa shape index (κ2) is 9.49. The summed E-state index contributed by atoms with van der Waals surface area (Å²) in [6, 6.07) is 20.9. The summed E-state index contributed by atoms with van der Waals surface area (Å²) in [6.45, 7) is 0.480. The quantitative estimate of drug-likeness (QED) is 0.369. The van der Waals surface area contributed by atoms with Gasteiger partial charge in [-0.1, -0.05) is 58.4 Å². The standard InChI is InChI=1S/C24H17BrFNO3S/c25-19-8-11-21(30-15-17-6-9-20(26)10-7-17)18(12-19)13-22-23(28)27(24(29)31-22)14-16-4-2-1-3-5-16/h1-13H,14-15H2/b22-13-. The van der Waals surface area contributed by atoms with Crippen molar-refractivity contribution in [3.05, 3.63) is 105 Å². The maximum Gasteiger partial charge on any atom is 0.293 e. The first-order valence-electron chi connectivity index (χ1n) is 9.46. The Morgan fingerprint density at radius 3 is 2.45 bits per heavy atom. The fourth-order valence-electron chi connectivity index (χ4n) is 3.05. The molecule has 1 fully saturated rings. The van der Waals surface area contributed by atoms with E-state index in [1.807, 2.05) is 42.5 Å². The molecular formula is C24H17BrFNO3S. The fraction of sp³-hybridized carbons (Fsp3) is 0.0833. The smallest absolute Gasteiger partial charge is 0.293 e. The van der Waals surface area contributed by atoms with Gasteiger partial charge in [0.15, 0.2) is 0 Å². The van der Waals surface area contributed by atoms with Crippen LogP contribution in [-0.2, 0) is 17.9 Å². The number of carbonyl (C=O) groups is 2. The molecule has 0 saturated carbocycles. The van der Waals surface area contributed by atoms with Gasteiger partial charge in [-0.05, 0) is 59.3 Å². The molecular weight excluding hydrogens is 481 g/mol. The second-order valence-electron chi connectivity index (χ2n) is 6.85. The van der Waals surface area contributed by atoms with E-state index < -0.39 is 0 Å². The maximum atomic E-state index is 13.1. The van der Waals surface area contributed by atoms with Crippen LogP contribution in [0, 0.1) is 5.82 Å². The van der Waals surface area contributed by atoms with E-state index in [4.69, 9.17) is 4.74 Å². The van der Waals surface area contributed by atoms with Crippen LogP contribution in [0.5, 0.6) is 5.75 Å². The van der Waals surface area contributed by atoms with Gasteiger partial charge < -0.3 is 4.74 Å². The molecule has 31 heavy (non-hydrogen) atoms. The van der Waals surface area contributed by atoms with Crippen LogP contribution >= 0.6 is 27.7 Å². The van der Waals surface area contributed by atoms with Crippen LogP contribution in [0.4, 0.5) is 9.18 Å². The molecule has 2 amide bonds. The first kappa shape index (κ1) is 21.3. The van der Waals surface area contributed by atoms with Gasteiger partial charge >= 0.3 is 0 Å². The van der Waals surface area contributed by atoms with Crippen molar-refractivity contribution in [2.45, 2.75) is 13.2 Å². The molecule has 0 bridgehead atoms. The highest BCUT2D eigenvalue weighted by molar-refractivity contribution is 9.10. The molecule has 7 heteroatoms. The zero-order valence-electron chi connectivity index (χ0n) is 16.3. The summed E-state index contributed by atoms with van der Waals surface area (Å²) >= 11 is 4.35. The average Bonchev–Trinajstić information content (AvgIpc) is 3.02. The summed E-state index contributed by atoms with van der Waals surface area (Å²) in [5.41, 5.74) is 2.37. The first-order valence-corrected chi connectivity index (χ1v) is 11.1. The van der Waals surface area contributed by atoms with Crippen LogP contribution in [0.25, 0.3) is 6.08 Å². The van der Waals surface area contributed by atoms with E-state index in [0.29, 0.717) is 16.2 Å². The van der Waals surface area contributed by atoms with Crippen LogP contribution in [0.1, 0.15) is 16.7 Å². The number of ether oxygens (including phenoxy) is 1. The molecule has 1 aliphatic rings. The van der Waals surface area contributed by atoms with Crippen LogP contribution < -0.4 is 4.74 Å². The van der Waals surface area contributed by atoms with Crippen LogP contribution in [0.15, 0.2) is 82.2 Å². The molecule has 0 aromatic heterocycles. The Balaban J connectivity index is 1.54. The van der Waals surface area contributed by atoms with E-state index in [0.717, 1.165) is 27.4 Å². The van der Waals surface area contributed by atoms with Crippen molar-refractivity contribution in [2.24, 2.45) is 0 Å². The molecule has 3 aromatic carbocycles. The topological polar surface area (TPSA) is 46.6 Å². The predicted octanol–water partition coefficient (Wildman–Crippen LogP) is 6.40. The van der Waals surface area contributed by atoms with Gasteiger partial charge in [0.05, 0.1) is 11.4 Å². The molecule has 0 unspecified atom stereocenters. The Morgan fingerprint density at radius 2 is 1.71 bits per heavy atom. The Labute approximate surface area is 191 Å². The summed E-state index contributed by atoms with van der Waals surface area (Å²) in [5.74, 6) is -0.0787. The van der Waals surface area contributed by atoms with E-state index in [-0.39, 0.29) is 30.1 Å². The van der Waals surface area contributed by atoms with Gasteiger partial charge in [-0.2, -0.15) is 0 Å². The van der Waals surface area contributed by atoms with Crippen molar-refractivity contribution in [3.8, 4) is 5.75 Å². The normalized spacial score (nSPS) is 15.0. The number of hydrogen-bond acceptors (Lipinski definition) is 4. The molecule has 0 radical (unpaired) electrons. The Bertz CT molecular complexity index is 1150. The average molecular weight is 498 g/mol. The zero-order chi connectivity index (χ0) is 21.8. The highest BCUT2D eigenvalue weighted by Crippen LogP contribution is 2.35. The SMILES string of the molecule is O=C1S/C(=C\c2cc(Br)ccc2OCc2ccc(F)cc2)C(=O)N1Cc1ccccc1. The number of hydrogen-bond donors (Lipinski definition) is 0. The summed E-state index contributed by atoms with van der Waals surface area (Å²) in [6.07, 6.45) is 1.67. The van der Waals surface area contributed by atoms with Crippen LogP contribution in [0.2, 0.25) is 0 Å². The van der Waals surface area contributed by atoms with Crippen molar-refractivity contribution in [3.63, 3.8) is 0 Å². The second-order valence-corrected chi connectivity index (χ2v) is 8.76. The minimum absolute atomic E-state index is 0.231. The third kappa shape index (κ3) is 5.24. The lowest BCUT2D eigenvalue weighted by Gasteiger charge is -2.12. The van der Waals surface area contributed by atoms with Gasteiger partial charge in [0, 0.05) is 10.0 Å². The van der Waals surface area contributed by atoms with Gasteiger partial charge in [0.2, 0.25) is 0 Å². The van der Waals surface area contributed by atoms with Gasteiger partial charge in [-0.25, -0.2) is 4.39 Å². The minimum Gasteiger partial charge on any atom is -0.488 e. The first-order chi connectivity index (χ1) is 15.0. The number of rotatable bonds is 6. The lowest BCUT2D eigenvalue weighted by molar-refractivity contribution is -0.123. The van der Waals surface area contributed by atoms with Crippen molar-refractivity contribution >= 4 is 44.9 Å². The molecule has 1 heterocycles. The molecule has 0 N–H and O–H groups in total. The Hall–Kier alpha value is -2.90. The lowest BCUT2D eigenvalue weighted by atomic mass is 10.1. The summed E-state index contributed by atoms with van der Waals surface area (Å²) in [7, 11) is 0. The molecule has 4 rings (SSSR count). The van der Waals surface area contributed by atoms with Gasteiger partial charge in [-0.15, -0.1) is 0 Å². The molecule has 3 aromatic rings. The third-order valence-electron chi connectivity index (χ3n) is 4.62. The van der Waals surface area contributed by atoms with Crippen LogP contribution in [-0.4, -0.2) is 16.0 Å². The number of imide groups is 1. The van der Waals surface area contributed by atoms with Crippen molar-refractivity contribution in [2.75, 3.05) is 0 Å². The molecule has 1 saturated heterocycles. The van der Waals surface area contributed by atoms with Crippen molar-refractivity contribution < 1.29 is 18.7 Å². The summed E-state index contributed by atoms with van der Waals surface area (Å²) < 4.78 is 19.8. The van der Waals surface area contributed by atoms with Gasteiger partial charge in [0.25, 0.3) is 11.1 Å². The Kier molecular flexibility index (Phi) is 6.53. The monoisotopic (exact) mass is 497 g/mol. The zero-order valence-corrected chi connectivity index (χ0v) is 18.7. The Morgan fingerprint density at radius 1 is 0.968 bits per heavy atom. The lowest BCUT2D eigenvalue weighted by Crippen LogP contribution is -2.27. The van der Waals surface area contributed by atoms with Gasteiger partial charge in [-0.3, -0.25) is 14.5 Å². The van der Waals surface area contributed by atoms with Gasteiger partial charge in [0.1, 0.15) is 18.2 Å². The van der Waals surface area contributed by atoms with E-state index in [1.165, 1.54) is 17.0 Å². The van der Waals surface area contributed by atoms with E-state index in [1.54, 1.807) is 24.3 Å². The highest BCUT2D eigenvalue weighted by atomic mass is 79.9. The predicted molar refractivity (Wildman–Crippen MR) is 123 cm³/mol. The van der Waals surface area contributed by atoms with Crippen molar-refractivity contribution in [1.82, 2.24) is 4.90 Å². The fourth-order valence-corrected chi connectivity index (χ4v) is 4.26. The minimum atomic E-state index is -0.330. The molecule has 156 valence electrons. The number of nitrogens with zero attached hydrogens (tertiary/aromatic N) is 1. The van der Waals surface area contributed by atoms with Crippen LogP contribution in [0.3, 0.4) is 0 Å². The molecule has 0 aliphatic carbocycles. The van der Waals surface area contributed by atoms with E-state index >= 15 is 0 Å².